The van der Waals surface area contributed by atoms with E-state index in [4.69, 9.17) is 35.3 Å². The van der Waals surface area contributed by atoms with E-state index in [0.717, 1.165) is 22.4 Å². The molecule has 48 heavy (non-hydrogen) atoms. The van der Waals surface area contributed by atoms with Crippen LogP contribution < -0.4 is 33.9 Å². The van der Waals surface area contributed by atoms with Crippen molar-refractivity contribution in [2.24, 2.45) is 0 Å². The van der Waals surface area contributed by atoms with Gasteiger partial charge in [-0.25, -0.2) is 9.69 Å². The Balaban J connectivity index is 1.37. The van der Waals surface area contributed by atoms with E-state index in [-0.39, 0.29) is 17.9 Å². The van der Waals surface area contributed by atoms with Crippen LogP contribution in [0.2, 0.25) is 5.02 Å². The molecule has 1 N–H and O–H groups in total. The first kappa shape index (κ1) is 33.9. The number of amides is 4. The lowest BCUT2D eigenvalue weighted by Crippen LogP contribution is -2.54. The molecule has 1 aliphatic rings. The molecule has 11 heteroatoms. The van der Waals surface area contributed by atoms with Crippen LogP contribution in [0.15, 0.2) is 90.5 Å². The highest BCUT2D eigenvalue weighted by molar-refractivity contribution is 6.39. The maximum Gasteiger partial charge on any atom is 0.335 e. The minimum Gasteiger partial charge on any atom is -0.493 e. The number of nitrogens with zero attached hydrogens (tertiary/aromatic N) is 1. The van der Waals surface area contributed by atoms with E-state index in [1.54, 1.807) is 43.5 Å². The Labute approximate surface area is 283 Å². The number of barbiturate groups is 1. The quantitative estimate of drug-likeness (QED) is 0.109. The largest absolute Gasteiger partial charge is 0.493 e. The van der Waals surface area contributed by atoms with Gasteiger partial charge < -0.3 is 23.7 Å². The summed E-state index contributed by atoms with van der Waals surface area (Å²) in [5.74, 6) is 0.648. The second kappa shape index (κ2) is 15.9. The van der Waals surface area contributed by atoms with Gasteiger partial charge in [-0.1, -0.05) is 54.9 Å². The van der Waals surface area contributed by atoms with E-state index < -0.39 is 17.8 Å². The summed E-state index contributed by atoms with van der Waals surface area (Å²) >= 11 is 6.31. The molecule has 0 spiro atoms. The molecule has 0 saturated carbocycles. The maximum absolute atomic E-state index is 13.7. The summed E-state index contributed by atoms with van der Waals surface area (Å²) in [7, 11) is 1.56. The van der Waals surface area contributed by atoms with Crippen LogP contribution in [0, 0.1) is 0 Å². The van der Waals surface area contributed by atoms with Gasteiger partial charge in [-0.3, -0.25) is 14.9 Å². The molecule has 4 aromatic carbocycles. The first-order valence-electron chi connectivity index (χ1n) is 15.4. The Morgan fingerprint density at radius 3 is 2.19 bits per heavy atom. The van der Waals surface area contributed by atoms with Gasteiger partial charge in [0, 0.05) is 16.7 Å². The van der Waals surface area contributed by atoms with Crippen LogP contribution in [0.1, 0.15) is 37.0 Å². The number of anilines is 1. The van der Waals surface area contributed by atoms with Crippen molar-refractivity contribution < 1.29 is 38.1 Å². The van der Waals surface area contributed by atoms with Crippen LogP contribution in [-0.4, -0.2) is 38.2 Å². The monoisotopic (exact) mass is 670 g/mol. The number of imide groups is 2. The minimum absolute atomic E-state index is 0.130. The zero-order valence-electron chi connectivity index (χ0n) is 26.8. The molecule has 0 unspecified atom stereocenters. The van der Waals surface area contributed by atoms with Crippen molar-refractivity contribution in [3.8, 4) is 28.7 Å². The second-order valence-electron chi connectivity index (χ2n) is 10.6. The lowest BCUT2D eigenvalue weighted by Gasteiger charge is -2.27. The van der Waals surface area contributed by atoms with Crippen LogP contribution in [0.5, 0.6) is 28.7 Å². The van der Waals surface area contributed by atoms with Gasteiger partial charge in [-0.05, 0) is 73.0 Å². The first-order chi connectivity index (χ1) is 23.3. The molecule has 4 amide bonds. The average molecular weight is 671 g/mol. The fraction of sp³-hybridized carbons (Fsp3) is 0.216. The molecule has 0 atom stereocenters. The van der Waals surface area contributed by atoms with Crippen molar-refractivity contribution in [3.05, 3.63) is 112 Å². The highest BCUT2D eigenvalue weighted by atomic mass is 35.5. The summed E-state index contributed by atoms with van der Waals surface area (Å²) in [5, 5.41) is 2.60. The van der Waals surface area contributed by atoms with E-state index in [0.29, 0.717) is 59.2 Å². The lowest BCUT2D eigenvalue weighted by atomic mass is 10.1. The van der Waals surface area contributed by atoms with Gasteiger partial charge in [0.05, 0.1) is 26.0 Å². The molecule has 1 aliphatic heterocycles. The fourth-order valence-electron chi connectivity index (χ4n) is 4.86. The molecule has 0 bridgehead atoms. The fourth-order valence-corrected chi connectivity index (χ4v) is 5.04. The molecule has 0 aliphatic carbocycles. The van der Waals surface area contributed by atoms with E-state index in [1.165, 1.54) is 12.1 Å². The normalized spacial score (nSPS) is 13.7. The maximum atomic E-state index is 13.7. The molecule has 10 nitrogen and oxygen atoms in total. The van der Waals surface area contributed by atoms with Crippen LogP contribution in [-0.2, 0) is 22.8 Å². The Kier molecular flexibility index (Phi) is 11.2. The third-order valence-corrected chi connectivity index (χ3v) is 7.42. The van der Waals surface area contributed by atoms with Crippen LogP contribution in [0.3, 0.4) is 0 Å². The molecular formula is C37H35ClN2O8. The molecule has 1 fully saturated rings. The first-order valence-corrected chi connectivity index (χ1v) is 15.8. The Morgan fingerprint density at radius 1 is 0.729 bits per heavy atom. The number of carbonyl (C=O) groups is 3. The van der Waals surface area contributed by atoms with Crippen molar-refractivity contribution in [1.29, 1.82) is 0 Å². The van der Waals surface area contributed by atoms with Gasteiger partial charge in [-0.2, -0.15) is 0 Å². The van der Waals surface area contributed by atoms with Gasteiger partial charge in [0.25, 0.3) is 11.8 Å². The number of benzene rings is 4. The van der Waals surface area contributed by atoms with Gasteiger partial charge in [0.1, 0.15) is 24.5 Å². The predicted molar refractivity (Wildman–Crippen MR) is 182 cm³/mol. The standard InChI is InChI=1S/C37H35ClN2O8/c1-4-17-46-32-16-13-28(21-34(32)45-5-2)40-36(42)29(35(41)39-37(40)43)20-26-19-27(38)12-15-30(26)47-23-25-11-14-31(33(18-25)44-3)48-22-24-9-7-6-8-10-24/h6-16,18-21H,4-5,17,22-23H2,1-3H3,(H,39,41,43)/b29-20+. The molecular weight excluding hydrogens is 636 g/mol. The van der Waals surface area contributed by atoms with Gasteiger partial charge in [0.2, 0.25) is 0 Å². The molecule has 1 heterocycles. The minimum atomic E-state index is -0.889. The average Bonchev–Trinajstić information content (AvgIpc) is 3.09. The zero-order valence-corrected chi connectivity index (χ0v) is 27.5. The number of nitrogens with one attached hydrogen (secondary N) is 1. The number of hydrogen-bond acceptors (Lipinski definition) is 8. The topological polar surface area (TPSA) is 113 Å². The van der Waals surface area contributed by atoms with Gasteiger partial charge in [0.15, 0.2) is 23.0 Å². The molecule has 248 valence electrons. The third-order valence-electron chi connectivity index (χ3n) is 7.18. The van der Waals surface area contributed by atoms with Crippen LogP contribution >= 0.6 is 11.6 Å². The number of ether oxygens (including phenoxy) is 5. The zero-order chi connectivity index (χ0) is 34.0. The predicted octanol–water partition coefficient (Wildman–Crippen LogP) is 7.36. The van der Waals surface area contributed by atoms with Gasteiger partial charge in [-0.15, -0.1) is 0 Å². The summed E-state index contributed by atoms with van der Waals surface area (Å²) in [5.41, 5.74) is 2.10. The number of rotatable bonds is 14. The van der Waals surface area contributed by atoms with Crippen LogP contribution in [0.4, 0.5) is 10.5 Å². The third kappa shape index (κ3) is 8.08. The second-order valence-corrected chi connectivity index (χ2v) is 11.0. The van der Waals surface area contributed by atoms with Crippen molar-refractivity contribution >= 4 is 41.2 Å². The molecule has 5 rings (SSSR count). The summed E-state index contributed by atoms with van der Waals surface area (Å²) in [4.78, 5) is 40.5. The highest BCUT2D eigenvalue weighted by Crippen LogP contribution is 2.35. The molecule has 0 aromatic heterocycles. The van der Waals surface area contributed by atoms with Crippen LogP contribution in [0.25, 0.3) is 6.08 Å². The van der Waals surface area contributed by atoms with E-state index in [1.807, 2.05) is 56.3 Å². The van der Waals surface area contributed by atoms with Gasteiger partial charge >= 0.3 is 6.03 Å². The summed E-state index contributed by atoms with van der Waals surface area (Å²) in [6, 6.07) is 23.9. The smallest absolute Gasteiger partial charge is 0.335 e. The summed E-state index contributed by atoms with van der Waals surface area (Å²) in [6.45, 7) is 5.11. The highest BCUT2D eigenvalue weighted by Gasteiger charge is 2.37. The summed E-state index contributed by atoms with van der Waals surface area (Å²) < 4.78 is 29.1. The number of carbonyl (C=O) groups excluding carboxylic acids is 3. The Morgan fingerprint density at radius 2 is 1.44 bits per heavy atom. The Hall–Kier alpha value is -5.48. The SMILES string of the molecule is CCCOc1ccc(N2C(=O)NC(=O)/C(=C\c3cc(Cl)ccc3OCc3ccc(OCc4ccccc4)c(OC)c3)C2=O)cc1OCC. The molecule has 4 aromatic rings. The molecule has 0 radical (unpaired) electrons. The van der Waals surface area contributed by atoms with E-state index in [2.05, 4.69) is 5.32 Å². The summed E-state index contributed by atoms with van der Waals surface area (Å²) in [6.07, 6.45) is 2.14. The van der Waals surface area contributed by atoms with Crippen molar-refractivity contribution in [2.45, 2.75) is 33.5 Å². The number of urea groups is 1. The number of methoxy groups -OCH3 is 1. The van der Waals surface area contributed by atoms with Crippen molar-refractivity contribution in [2.75, 3.05) is 25.2 Å². The van der Waals surface area contributed by atoms with Crippen molar-refractivity contribution in [1.82, 2.24) is 5.32 Å². The van der Waals surface area contributed by atoms with E-state index >= 15 is 0 Å². The number of hydrogen-bond donors (Lipinski definition) is 1. The molecule has 1 saturated heterocycles. The van der Waals surface area contributed by atoms with Crippen molar-refractivity contribution in [3.63, 3.8) is 0 Å². The lowest BCUT2D eigenvalue weighted by molar-refractivity contribution is -0.122. The number of halogens is 1. The van der Waals surface area contributed by atoms with E-state index in [9.17, 15) is 14.4 Å². The Bertz CT molecular complexity index is 1830.